The van der Waals surface area contributed by atoms with E-state index in [0.29, 0.717) is 24.7 Å². The molecule has 132 valence electrons. The molecule has 2 aromatic carbocycles. The Morgan fingerprint density at radius 3 is 2.62 bits per heavy atom. The number of carbonyl (C=O) groups is 1. The Morgan fingerprint density at radius 2 is 1.85 bits per heavy atom. The minimum atomic E-state index is -0.0322. The van der Waals surface area contributed by atoms with E-state index in [0.717, 1.165) is 16.7 Å². The average Bonchev–Trinajstić information content (AvgIpc) is 3.29. The number of hydrogen-bond acceptors (Lipinski definition) is 4. The first-order chi connectivity index (χ1) is 12.6. The molecule has 2 heterocycles. The third-order valence-electron chi connectivity index (χ3n) is 5.09. The molecular formula is C21H21N3O2. The topological polar surface area (TPSA) is 59.2 Å². The molecule has 1 aliphatic heterocycles. The number of nitrogens with zero attached hydrogens (tertiary/aromatic N) is 3. The van der Waals surface area contributed by atoms with Crippen LogP contribution in [0.1, 0.15) is 42.3 Å². The van der Waals surface area contributed by atoms with Gasteiger partial charge in [0, 0.05) is 24.4 Å². The van der Waals surface area contributed by atoms with Crippen molar-refractivity contribution in [2.75, 3.05) is 6.54 Å². The van der Waals surface area contributed by atoms with Crippen molar-refractivity contribution in [3.05, 3.63) is 71.5 Å². The van der Waals surface area contributed by atoms with Crippen LogP contribution in [0.25, 0.3) is 11.5 Å². The minimum Gasteiger partial charge on any atom is -0.335 e. The largest absolute Gasteiger partial charge is 0.335 e. The van der Waals surface area contributed by atoms with E-state index in [1.807, 2.05) is 54.3 Å². The molecule has 1 saturated heterocycles. The van der Waals surface area contributed by atoms with Crippen LogP contribution in [0.5, 0.6) is 0 Å². The van der Waals surface area contributed by atoms with Gasteiger partial charge in [0.15, 0.2) is 5.82 Å². The number of likely N-dealkylation sites (tertiary alicyclic amines) is 1. The Kier molecular flexibility index (Phi) is 4.29. The highest BCUT2D eigenvalue weighted by molar-refractivity contribution is 5.80. The zero-order chi connectivity index (χ0) is 18.1. The van der Waals surface area contributed by atoms with E-state index in [4.69, 9.17) is 4.52 Å². The lowest BCUT2D eigenvalue weighted by molar-refractivity contribution is -0.129. The highest BCUT2D eigenvalue weighted by atomic mass is 16.5. The molecule has 0 radical (unpaired) electrons. The maximum absolute atomic E-state index is 12.5. The van der Waals surface area contributed by atoms with Gasteiger partial charge in [0.25, 0.3) is 5.89 Å². The second kappa shape index (κ2) is 6.75. The van der Waals surface area contributed by atoms with Crippen molar-refractivity contribution in [3.63, 3.8) is 0 Å². The molecule has 3 aromatic rings. The Hall–Kier alpha value is -2.95. The number of carbonyl (C=O) groups excluding carboxylic acids is 1. The van der Waals surface area contributed by atoms with Crippen LogP contribution in [0.4, 0.5) is 0 Å². The Bertz CT molecular complexity index is 920. The van der Waals surface area contributed by atoms with Crippen LogP contribution in [0.3, 0.4) is 0 Å². The van der Waals surface area contributed by atoms with Gasteiger partial charge in [-0.2, -0.15) is 4.98 Å². The van der Waals surface area contributed by atoms with Crippen molar-refractivity contribution in [2.45, 2.75) is 32.2 Å². The van der Waals surface area contributed by atoms with E-state index in [9.17, 15) is 4.79 Å². The van der Waals surface area contributed by atoms with Crippen molar-refractivity contribution in [1.82, 2.24) is 15.0 Å². The summed E-state index contributed by atoms with van der Waals surface area (Å²) >= 11 is 0. The van der Waals surface area contributed by atoms with E-state index in [-0.39, 0.29) is 17.9 Å². The van der Waals surface area contributed by atoms with Gasteiger partial charge in [-0.3, -0.25) is 4.79 Å². The molecular weight excluding hydrogens is 326 g/mol. The van der Waals surface area contributed by atoms with Gasteiger partial charge in [-0.15, -0.1) is 0 Å². The Labute approximate surface area is 152 Å². The van der Waals surface area contributed by atoms with Crippen LogP contribution < -0.4 is 0 Å². The summed E-state index contributed by atoms with van der Waals surface area (Å²) in [5.74, 6) is 1.23. The second-order valence-corrected chi connectivity index (χ2v) is 6.81. The third-order valence-corrected chi connectivity index (χ3v) is 5.09. The highest BCUT2D eigenvalue weighted by Crippen LogP contribution is 2.33. The van der Waals surface area contributed by atoms with Gasteiger partial charge in [0.1, 0.15) is 0 Å². The van der Waals surface area contributed by atoms with Crippen LogP contribution >= 0.6 is 0 Å². The molecule has 5 heteroatoms. The van der Waals surface area contributed by atoms with Crippen LogP contribution in [-0.4, -0.2) is 27.5 Å². The summed E-state index contributed by atoms with van der Waals surface area (Å²) in [7, 11) is 0. The second-order valence-electron chi connectivity index (χ2n) is 6.81. The molecule has 0 saturated carbocycles. The number of benzene rings is 2. The molecule has 2 atom stereocenters. The number of amides is 1. The van der Waals surface area contributed by atoms with E-state index in [1.54, 1.807) is 0 Å². The van der Waals surface area contributed by atoms with Crippen LogP contribution in [0, 0.1) is 6.92 Å². The molecule has 26 heavy (non-hydrogen) atoms. The summed E-state index contributed by atoms with van der Waals surface area (Å²) in [4.78, 5) is 19.0. The van der Waals surface area contributed by atoms with Gasteiger partial charge >= 0.3 is 0 Å². The van der Waals surface area contributed by atoms with E-state index in [2.05, 4.69) is 29.2 Å². The summed E-state index contributed by atoms with van der Waals surface area (Å²) in [6.07, 6.45) is 0.421. The fourth-order valence-corrected chi connectivity index (χ4v) is 3.51. The average molecular weight is 347 g/mol. The quantitative estimate of drug-likeness (QED) is 0.712. The first-order valence-electron chi connectivity index (χ1n) is 8.87. The molecule has 0 bridgehead atoms. The molecule has 1 aromatic heterocycles. The van der Waals surface area contributed by atoms with Gasteiger partial charge in [0.2, 0.25) is 5.91 Å². The smallest absolute Gasteiger partial charge is 0.258 e. The SMILES string of the molecule is Cc1ccccc1-c1nc(C2CC(=O)N(C(C)c3ccccc3)C2)no1. The fourth-order valence-electron chi connectivity index (χ4n) is 3.51. The predicted molar refractivity (Wildman–Crippen MR) is 98.4 cm³/mol. The highest BCUT2D eigenvalue weighted by Gasteiger charge is 2.36. The standard InChI is InChI=1S/C21H21N3O2/c1-14-8-6-7-11-18(14)21-22-20(23-26-21)17-12-19(25)24(13-17)15(2)16-9-4-3-5-10-16/h3-11,15,17H,12-13H2,1-2H3. The minimum absolute atomic E-state index is 0.0322. The zero-order valence-corrected chi connectivity index (χ0v) is 14.9. The van der Waals surface area contributed by atoms with Gasteiger partial charge in [-0.25, -0.2) is 0 Å². The summed E-state index contributed by atoms with van der Waals surface area (Å²) < 4.78 is 5.47. The third kappa shape index (κ3) is 3.01. The van der Waals surface area contributed by atoms with Crippen LogP contribution in [0.2, 0.25) is 0 Å². The molecule has 1 fully saturated rings. The monoisotopic (exact) mass is 347 g/mol. The Balaban J connectivity index is 1.54. The lowest BCUT2D eigenvalue weighted by Gasteiger charge is -2.25. The van der Waals surface area contributed by atoms with E-state index < -0.39 is 0 Å². The molecule has 1 amide bonds. The molecule has 5 nitrogen and oxygen atoms in total. The van der Waals surface area contributed by atoms with Crippen molar-refractivity contribution >= 4 is 5.91 Å². The number of aryl methyl sites for hydroxylation is 1. The van der Waals surface area contributed by atoms with Crippen molar-refractivity contribution in [3.8, 4) is 11.5 Å². The van der Waals surface area contributed by atoms with E-state index in [1.165, 1.54) is 0 Å². The van der Waals surface area contributed by atoms with Gasteiger partial charge < -0.3 is 9.42 Å². The van der Waals surface area contributed by atoms with Crippen molar-refractivity contribution in [1.29, 1.82) is 0 Å². The molecule has 1 aliphatic rings. The summed E-state index contributed by atoms with van der Waals surface area (Å²) in [6, 6.07) is 18.0. The van der Waals surface area contributed by atoms with Crippen molar-refractivity contribution in [2.24, 2.45) is 0 Å². The molecule has 0 aliphatic carbocycles. The van der Waals surface area contributed by atoms with Crippen LogP contribution in [-0.2, 0) is 4.79 Å². The van der Waals surface area contributed by atoms with Gasteiger partial charge in [-0.1, -0.05) is 53.7 Å². The Morgan fingerprint density at radius 1 is 1.12 bits per heavy atom. The summed E-state index contributed by atoms with van der Waals surface area (Å²) in [5.41, 5.74) is 3.16. The maximum Gasteiger partial charge on any atom is 0.258 e. The number of hydrogen-bond donors (Lipinski definition) is 0. The molecule has 4 rings (SSSR count). The lowest BCUT2D eigenvalue weighted by Crippen LogP contribution is -2.28. The number of rotatable bonds is 4. The summed E-state index contributed by atoms with van der Waals surface area (Å²) in [6.45, 7) is 4.69. The van der Waals surface area contributed by atoms with Crippen molar-refractivity contribution < 1.29 is 9.32 Å². The fraction of sp³-hybridized carbons (Fsp3) is 0.286. The first-order valence-corrected chi connectivity index (χ1v) is 8.87. The first kappa shape index (κ1) is 16.5. The van der Waals surface area contributed by atoms with Crippen LogP contribution in [0.15, 0.2) is 59.1 Å². The zero-order valence-electron chi connectivity index (χ0n) is 14.9. The lowest BCUT2D eigenvalue weighted by atomic mass is 10.1. The van der Waals surface area contributed by atoms with E-state index >= 15 is 0 Å². The molecule has 0 N–H and O–H groups in total. The van der Waals surface area contributed by atoms with Gasteiger partial charge in [0.05, 0.1) is 6.04 Å². The predicted octanol–water partition coefficient (Wildman–Crippen LogP) is 4.12. The molecule has 0 spiro atoms. The normalized spacial score (nSPS) is 18.3. The maximum atomic E-state index is 12.5. The molecule has 2 unspecified atom stereocenters. The summed E-state index contributed by atoms with van der Waals surface area (Å²) in [5, 5.41) is 4.15. The number of aromatic nitrogens is 2. The van der Waals surface area contributed by atoms with Gasteiger partial charge in [-0.05, 0) is 31.0 Å².